The molecule has 0 amide bonds. The molecule has 4 heavy (non-hydrogen) atoms. The van der Waals surface area contributed by atoms with Crippen LogP contribution in [0.25, 0.3) is 0 Å². The van der Waals surface area contributed by atoms with E-state index >= 15 is 0 Å². The molecule has 0 spiro atoms. The maximum Gasteiger partial charge on any atom is 0.236 e. The van der Waals surface area contributed by atoms with Gasteiger partial charge in [-0.3, -0.25) is 0 Å². The molecule has 0 fully saturated rings. The first-order chi connectivity index (χ1) is 1.91. The quantitative estimate of drug-likeness (QED) is 0.277. The van der Waals surface area contributed by atoms with Crippen molar-refractivity contribution >= 4 is 9.76 Å². The molecule has 0 radical (unpaired) electrons. The monoisotopic (exact) mass is 72.0 g/mol. The van der Waals surface area contributed by atoms with Gasteiger partial charge in [0.1, 0.15) is 0 Å². The van der Waals surface area contributed by atoms with Crippen molar-refractivity contribution in [1.82, 2.24) is 0 Å². The van der Waals surface area contributed by atoms with E-state index in [1.807, 2.05) is 0 Å². The molecule has 22 valence electrons. The smallest absolute Gasteiger partial charge is 0.236 e. The Morgan fingerprint density at radius 3 is 2.25 bits per heavy atom. The average molecular weight is 72.1 g/mol. The van der Waals surface area contributed by atoms with Crippen molar-refractivity contribution in [3.63, 3.8) is 0 Å². The second-order valence-electron chi connectivity index (χ2n) is 0.362. The molecule has 0 saturated heterocycles. The van der Waals surface area contributed by atoms with Gasteiger partial charge in [-0.05, 0) is 0 Å². The Morgan fingerprint density at radius 2 is 2.25 bits per heavy atom. The highest BCUT2D eigenvalue weighted by molar-refractivity contribution is 6.36. The van der Waals surface area contributed by atoms with E-state index in [9.17, 15) is 0 Å². The van der Waals surface area contributed by atoms with E-state index in [1.54, 1.807) is 0 Å². The van der Waals surface area contributed by atoms with Crippen LogP contribution in [-0.2, 0) is 0 Å². The van der Waals surface area contributed by atoms with Crippen LogP contribution in [0.4, 0.5) is 0 Å². The lowest BCUT2D eigenvalue weighted by atomic mass is 11.4. The zero-order chi connectivity index (χ0) is 3.41. The summed E-state index contributed by atoms with van der Waals surface area (Å²) in [5.41, 5.74) is 2.12. The molecular formula is C2H4OSi. The molecule has 0 saturated carbocycles. The van der Waals surface area contributed by atoms with Gasteiger partial charge in [0.25, 0.3) is 0 Å². The summed E-state index contributed by atoms with van der Waals surface area (Å²) in [5.74, 6) is 0. The summed E-state index contributed by atoms with van der Waals surface area (Å²) in [6, 6.07) is 0. The predicted molar refractivity (Wildman–Crippen MR) is 19.6 cm³/mol. The number of rotatable bonds is 0. The minimum Gasteiger partial charge on any atom is -0.426 e. The molecule has 0 heterocycles. The van der Waals surface area contributed by atoms with Crippen LogP contribution in [0.1, 0.15) is 0 Å². The van der Waals surface area contributed by atoms with Gasteiger partial charge in [-0.2, -0.15) is 0 Å². The largest absolute Gasteiger partial charge is 0.426 e. The van der Waals surface area contributed by atoms with Crippen molar-refractivity contribution in [2.24, 2.45) is 0 Å². The summed E-state index contributed by atoms with van der Waals surface area (Å²) in [5, 5.41) is 0. The van der Waals surface area contributed by atoms with Gasteiger partial charge in [0.05, 0.1) is 0 Å². The summed E-state index contributed by atoms with van der Waals surface area (Å²) in [4.78, 5) is 7.78. The molecule has 1 N–H and O–H groups in total. The summed E-state index contributed by atoms with van der Waals surface area (Å²) in [7, 11) is -1.05. The van der Waals surface area contributed by atoms with E-state index in [-0.39, 0.29) is 0 Å². The Balaban J connectivity index is 2.43. The van der Waals surface area contributed by atoms with Crippen molar-refractivity contribution in [2.75, 3.05) is 0 Å². The lowest BCUT2D eigenvalue weighted by molar-refractivity contribution is 0.617. The Kier molecular flexibility index (Phi) is 2.56. The first-order valence-corrected chi connectivity index (χ1v) is 2.30. The molecule has 0 bridgehead atoms. The summed E-state index contributed by atoms with van der Waals surface area (Å²) < 4.78 is 0. The van der Waals surface area contributed by atoms with E-state index < -0.39 is 9.76 Å². The van der Waals surface area contributed by atoms with Crippen LogP contribution in [0, 0.1) is 12.0 Å². The summed E-state index contributed by atoms with van der Waals surface area (Å²) in [6.07, 6.45) is 4.59. The van der Waals surface area contributed by atoms with Crippen LogP contribution in [0.3, 0.4) is 0 Å². The van der Waals surface area contributed by atoms with E-state index in [2.05, 4.69) is 12.0 Å². The highest BCUT2D eigenvalue weighted by Crippen LogP contribution is 1.27. The van der Waals surface area contributed by atoms with Gasteiger partial charge < -0.3 is 4.80 Å². The van der Waals surface area contributed by atoms with Crippen LogP contribution in [0.5, 0.6) is 0 Å². The molecule has 0 aliphatic carbocycles. The molecule has 0 atom stereocenters. The average Bonchev–Trinajstić information content (AvgIpc) is 1.37. The topological polar surface area (TPSA) is 20.2 Å². The fourth-order valence-electron chi connectivity index (χ4n) is 0. The fraction of sp³-hybridized carbons (Fsp3) is 0. The van der Waals surface area contributed by atoms with Crippen molar-refractivity contribution in [3.05, 3.63) is 0 Å². The summed E-state index contributed by atoms with van der Waals surface area (Å²) >= 11 is 0. The SMILES string of the molecule is C#C[SiH2]O. The van der Waals surface area contributed by atoms with Crippen molar-refractivity contribution in [3.8, 4) is 12.0 Å². The van der Waals surface area contributed by atoms with Gasteiger partial charge in [-0.1, -0.05) is 0 Å². The van der Waals surface area contributed by atoms with E-state index in [0.717, 1.165) is 0 Å². The predicted octanol–water partition coefficient (Wildman–Crippen LogP) is -1.35. The Bertz CT molecular complexity index is 35.8. The first-order valence-electron chi connectivity index (χ1n) is 0.958. The second-order valence-corrected chi connectivity index (χ2v) is 1.09. The Morgan fingerprint density at radius 1 is 2.00 bits per heavy atom. The Hall–Kier alpha value is -0.263. The second kappa shape index (κ2) is 2.74. The highest BCUT2D eigenvalue weighted by Gasteiger charge is 1.48. The van der Waals surface area contributed by atoms with Crippen LogP contribution in [0.15, 0.2) is 0 Å². The lowest BCUT2D eigenvalue weighted by Gasteiger charge is -1.52. The minimum atomic E-state index is -1.05. The molecule has 0 aliphatic heterocycles. The third-order valence-electron chi connectivity index (χ3n) is 0.0913. The van der Waals surface area contributed by atoms with Crippen molar-refractivity contribution < 1.29 is 4.80 Å². The standard InChI is InChI=1S/C2H4OSi/c1-2-4-3/h1,3H,4H2. The van der Waals surface area contributed by atoms with Gasteiger partial charge in [-0.25, -0.2) is 0 Å². The zero-order valence-electron chi connectivity index (χ0n) is 2.23. The number of hydrogen-bond acceptors (Lipinski definition) is 1. The van der Waals surface area contributed by atoms with Gasteiger partial charge in [0.15, 0.2) is 0 Å². The molecule has 0 unspecified atom stereocenters. The molecule has 0 aromatic heterocycles. The molecule has 0 aromatic rings. The minimum absolute atomic E-state index is 1.05. The lowest BCUT2D eigenvalue weighted by Crippen LogP contribution is -1.73. The molecular weight excluding hydrogens is 68.1 g/mol. The van der Waals surface area contributed by atoms with Gasteiger partial charge >= 0.3 is 0 Å². The first kappa shape index (κ1) is 3.74. The van der Waals surface area contributed by atoms with Gasteiger partial charge in [-0.15, -0.1) is 12.0 Å². The molecule has 0 aromatic carbocycles. The van der Waals surface area contributed by atoms with E-state index in [1.165, 1.54) is 0 Å². The van der Waals surface area contributed by atoms with Crippen LogP contribution >= 0.6 is 0 Å². The van der Waals surface area contributed by atoms with E-state index in [4.69, 9.17) is 4.80 Å². The molecule has 2 heteroatoms. The van der Waals surface area contributed by atoms with Crippen LogP contribution < -0.4 is 0 Å². The summed E-state index contributed by atoms with van der Waals surface area (Å²) in [6.45, 7) is 0. The normalized spacial score (nSPS) is 8.00. The van der Waals surface area contributed by atoms with Gasteiger partial charge in [0.2, 0.25) is 9.76 Å². The maximum atomic E-state index is 7.78. The van der Waals surface area contributed by atoms with Crippen molar-refractivity contribution in [1.29, 1.82) is 0 Å². The van der Waals surface area contributed by atoms with Gasteiger partial charge in [0, 0.05) is 0 Å². The van der Waals surface area contributed by atoms with Crippen LogP contribution in [0.2, 0.25) is 0 Å². The molecule has 0 aliphatic rings. The maximum absolute atomic E-state index is 7.78. The molecule has 1 nitrogen and oxygen atoms in total. The Labute approximate surface area is 27.6 Å². The fourth-order valence-corrected chi connectivity index (χ4v) is 0. The van der Waals surface area contributed by atoms with Crippen LogP contribution in [-0.4, -0.2) is 14.6 Å². The number of hydrogen-bond donors (Lipinski definition) is 1. The molecule has 0 rings (SSSR count). The highest BCUT2D eigenvalue weighted by atomic mass is 28.2. The van der Waals surface area contributed by atoms with E-state index in [0.29, 0.717) is 0 Å². The zero-order valence-corrected chi connectivity index (χ0v) is 3.65. The third-order valence-corrected chi connectivity index (χ3v) is 0.274. The van der Waals surface area contributed by atoms with Crippen molar-refractivity contribution in [2.45, 2.75) is 0 Å². The third kappa shape index (κ3) is 1.74. The number of terminal acetylenes is 1.